The molecule has 0 aromatic heterocycles. The quantitative estimate of drug-likeness (QED) is 0.664. The van der Waals surface area contributed by atoms with Gasteiger partial charge in [-0.1, -0.05) is 42.0 Å². The molecule has 2 aliphatic carbocycles. The molecular weight excluding hydrogens is 208 g/mol. The predicted molar refractivity (Wildman–Crippen MR) is 68.8 cm³/mol. The van der Waals surface area contributed by atoms with Crippen LogP contribution in [0.2, 0.25) is 0 Å². The molecule has 2 atom stereocenters. The van der Waals surface area contributed by atoms with Crippen LogP contribution < -0.4 is 0 Å². The van der Waals surface area contributed by atoms with Crippen molar-refractivity contribution in [3.05, 3.63) is 47.5 Å². The molecule has 0 aliphatic heterocycles. The minimum atomic E-state index is 0.132. The zero-order valence-electron chi connectivity index (χ0n) is 10.1. The van der Waals surface area contributed by atoms with Gasteiger partial charge in [0.25, 0.3) is 0 Å². The molecule has 0 N–H and O–H groups in total. The SMILES string of the molecule is O=C1CCC=C2CCC[C@H]2[C@@H]1c1ccccc1. The van der Waals surface area contributed by atoms with Crippen molar-refractivity contribution in [2.45, 2.75) is 38.0 Å². The zero-order valence-corrected chi connectivity index (χ0v) is 10.1. The van der Waals surface area contributed by atoms with Crippen molar-refractivity contribution in [3.63, 3.8) is 0 Å². The Balaban J connectivity index is 2.00. The highest BCUT2D eigenvalue weighted by molar-refractivity contribution is 5.87. The standard InChI is InChI=1S/C16H18O/c17-15-11-5-9-12-8-4-10-14(12)16(15)13-6-2-1-3-7-13/h1-3,6-7,9,14,16H,4-5,8,10-11H2/t14-,16+/m1/s1. The van der Waals surface area contributed by atoms with E-state index in [0.717, 1.165) is 12.8 Å². The van der Waals surface area contributed by atoms with Crippen LogP contribution in [0.25, 0.3) is 0 Å². The molecule has 1 aromatic carbocycles. The van der Waals surface area contributed by atoms with E-state index in [2.05, 4.69) is 18.2 Å². The molecule has 3 rings (SSSR count). The van der Waals surface area contributed by atoms with Crippen LogP contribution in [-0.4, -0.2) is 5.78 Å². The minimum absolute atomic E-state index is 0.132. The average molecular weight is 226 g/mol. The van der Waals surface area contributed by atoms with E-state index in [0.29, 0.717) is 11.7 Å². The third kappa shape index (κ3) is 1.95. The van der Waals surface area contributed by atoms with Crippen LogP contribution in [0.5, 0.6) is 0 Å². The fraction of sp³-hybridized carbons (Fsp3) is 0.438. The fourth-order valence-electron chi connectivity index (χ4n) is 3.39. The Labute approximate surface area is 103 Å². The van der Waals surface area contributed by atoms with E-state index in [-0.39, 0.29) is 5.92 Å². The Morgan fingerprint density at radius 1 is 1.06 bits per heavy atom. The molecular formula is C16H18O. The van der Waals surface area contributed by atoms with Crippen molar-refractivity contribution in [2.24, 2.45) is 5.92 Å². The summed E-state index contributed by atoms with van der Waals surface area (Å²) in [5.74, 6) is 1.06. The Kier molecular flexibility index (Phi) is 2.84. The van der Waals surface area contributed by atoms with Gasteiger partial charge >= 0.3 is 0 Å². The van der Waals surface area contributed by atoms with Crippen molar-refractivity contribution < 1.29 is 4.79 Å². The van der Waals surface area contributed by atoms with E-state index in [9.17, 15) is 4.79 Å². The summed E-state index contributed by atoms with van der Waals surface area (Å²) in [7, 11) is 0. The molecule has 1 aromatic rings. The van der Waals surface area contributed by atoms with Gasteiger partial charge in [0.05, 0.1) is 0 Å². The number of carbonyl (C=O) groups excluding carboxylic acids is 1. The zero-order chi connectivity index (χ0) is 11.7. The van der Waals surface area contributed by atoms with Crippen LogP contribution in [0.1, 0.15) is 43.6 Å². The van der Waals surface area contributed by atoms with Gasteiger partial charge < -0.3 is 0 Å². The van der Waals surface area contributed by atoms with Gasteiger partial charge in [0.15, 0.2) is 0 Å². The number of carbonyl (C=O) groups is 1. The lowest BCUT2D eigenvalue weighted by molar-refractivity contribution is -0.121. The van der Waals surface area contributed by atoms with Gasteiger partial charge in [0, 0.05) is 12.3 Å². The maximum Gasteiger partial charge on any atom is 0.141 e. The third-order valence-corrected chi connectivity index (χ3v) is 4.16. The van der Waals surface area contributed by atoms with Crippen molar-refractivity contribution in [1.82, 2.24) is 0 Å². The molecule has 0 bridgehead atoms. The van der Waals surface area contributed by atoms with Crippen LogP contribution in [0.4, 0.5) is 0 Å². The van der Waals surface area contributed by atoms with Crippen molar-refractivity contribution in [1.29, 1.82) is 0 Å². The lowest BCUT2D eigenvalue weighted by atomic mass is 9.80. The van der Waals surface area contributed by atoms with Gasteiger partial charge in [-0.2, -0.15) is 0 Å². The maximum atomic E-state index is 12.3. The molecule has 17 heavy (non-hydrogen) atoms. The van der Waals surface area contributed by atoms with E-state index in [1.165, 1.54) is 24.8 Å². The van der Waals surface area contributed by atoms with Gasteiger partial charge in [-0.05, 0) is 37.2 Å². The molecule has 1 heteroatoms. The summed E-state index contributed by atoms with van der Waals surface area (Å²) in [4.78, 5) is 12.3. The van der Waals surface area contributed by atoms with Crippen LogP contribution in [-0.2, 0) is 4.79 Å². The lowest BCUT2D eigenvalue weighted by Gasteiger charge is -2.22. The number of ketones is 1. The smallest absolute Gasteiger partial charge is 0.141 e. The van der Waals surface area contributed by atoms with E-state index in [1.807, 2.05) is 18.2 Å². The number of Topliss-reactive ketones (excluding diaryl/α,β-unsaturated/α-hetero) is 1. The van der Waals surface area contributed by atoms with E-state index < -0.39 is 0 Å². The highest BCUT2D eigenvalue weighted by Gasteiger charge is 2.35. The number of hydrogen-bond acceptors (Lipinski definition) is 1. The molecule has 88 valence electrons. The van der Waals surface area contributed by atoms with E-state index in [1.54, 1.807) is 5.57 Å². The molecule has 0 amide bonds. The van der Waals surface area contributed by atoms with Crippen molar-refractivity contribution >= 4 is 5.78 Å². The number of hydrogen-bond donors (Lipinski definition) is 0. The van der Waals surface area contributed by atoms with E-state index >= 15 is 0 Å². The molecule has 0 radical (unpaired) electrons. The highest BCUT2D eigenvalue weighted by Crippen LogP contribution is 2.44. The third-order valence-electron chi connectivity index (χ3n) is 4.16. The minimum Gasteiger partial charge on any atom is -0.299 e. The van der Waals surface area contributed by atoms with Crippen LogP contribution >= 0.6 is 0 Å². The summed E-state index contributed by atoms with van der Waals surface area (Å²) in [5.41, 5.74) is 2.77. The first-order valence-corrected chi connectivity index (χ1v) is 6.63. The monoisotopic (exact) mass is 226 g/mol. The first-order valence-electron chi connectivity index (χ1n) is 6.63. The fourth-order valence-corrected chi connectivity index (χ4v) is 3.39. The second kappa shape index (κ2) is 4.48. The number of fused-ring (bicyclic) bond motifs is 1. The highest BCUT2D eigenvalue weighted by atomic mass is 16.1. The Bertz CT molecular complexity index is 444. The maximum absolute atomic E-state index is 12.3. The largest absolute Gasteiger partial charge is 0.299 e. The summed E-state index contributed by atoms with van der Waals surface area (Å²) in [6, 6.07) is 10.3. The summed E-state index contributed by atoms with van der Waals surface area (Å²) in [6.45, 7) is 0. The topological polar surface area (TPSA) is 17.1 Å². The van der Waals surface area contributed by atoms with Gasteiger partial charge in [0.1, 0.15) is 5.78 Å². The summed E-state index contributed by atoms with van der Waals surface area (Å²) in [5, 5.41) is 0. The van der Waals surface area contributed by atoms with Crippen molar-refractivity contribution in [2.75, 3.05) is 0 Å². The van der Waals surface area contributed by atoms with Gasteiger partial charge in [-0.25, -0.2) is 0 Å². The molecule has 0 spiro atoms. The molecule has 0 heterocycles. The number of benzene rings is 1. The summed E-state index contributed by atoms with van der Waals surface area (Å²) in [6.07, 6.45) is 7.66. The summed E-state index contributed by atoms with van der Waals surface area (Å²) < 4.78 is 0. The first kappa shape index (κ1) is 10.8. The van der Waals surface area contributed by atoms with Gasteiger partial charge in [-0.3, -0.25) is 4.79 Å². The molecule has 1 nitrogen and oxygen atoms in total. The lowest BCUT2D eigenvalue weighted by Crippen LogP contribution is -2.19. The molecule has 1 fully saturated rings. The molecule has 1 saturated carbocycles. The number of rotatable bonds is 1. The second-order valence-electron chi connectivity index (χ2n) is 5.17. The van der Waals surface area contributed by atoms with Crippen LogP contribution in [0.3, 0.4) is 0 Å². The Morgan fingerprint density at radius 2 is 1.88 bits per heavy atom. The normalized spacial score (nSPS) is 28.5. The first-order chi connectivity index (χ1) is 8.36. The predicted octanol–water partition coefficient (Wildman–Crippen LogP) is 3.86. The van der Waals surface area contributed by atoms with Gasteiger partial charge in [0.2, 0.25) is 0 Å². The van der Waals surface area contributed by atoms with Crippen LogP contribution in [0, 0.1) is 5.92 Å². The average Bonchev–Trinajstić information content (AvgIpc) is 2.74. The Hall–Kier alpha value is -1.37. The summed E-state index contributed by atoms with van der Waals surface area (Å²) >= 11 is 0. The molecule has 0 unspecified atom stereocenters. The van der Waals surface area contributed by atoms with E-state index in [4.69, 9.17) is 0 Å². The second-order valence-corrected chi connectivity index (χ2v) is 5.17. The Morgan fingerprint density at radius 3 is 2.71 bits per heavy atom. The van der Waals surface area contributed by atoms with Gasteiger partial charge in [-0.15, -0.1) is 0 Å². The molecule has 0 saturated heterocycles. The molecule has 2 aliphatic rings. The number of allylic oxidation sites excluding steroid dienone is 2. The van der Waals surface area contributed by atoms with Crippen LogP contribution in [0.15, 0.2) is 42.0 Å². The van der Waals surface area contributed by atoms with Crippen molar-refractivity contribution in [3.8, 4) is 0 Å².